The number of anilines is 2. The van der Waals surface area contributed by atoms with Crippen molar-refractivity contribution in [1.29, 1.82) is 0 Å². The van der Waals surface area contributed by atoms with Gasteiger partial charge in [-0.2, -0.15) is 4.31 Å². The number of benzene rings is 2. The number of piperazine rings is 1. The fourth-order valence-corrected chi connectivity index (χ4v) is 5.02. The quantitative estimate of drug-likeness (QED) is 0.596. The number of hydrogen-bond acceptors (Lipinski definition) is 6. The Morgan fingerprint density at radius 2 is 1.79 bits per heavy atom. The molecule has 0 spiro atoms. The van der Waals surface area contributed by atoms with Crippen LogP contribution in [-0.2, 0) is 10.0 Å². The van der Waals surface area contributed by atoms with Crippen molar-refractivity contribution in [3.8, 4) is 5.75 Å². The molecule has 1 fully saturated rings. The van der Waals surface area contributed by atoms with Crippen LogP contribution in [0.25, 0.3) is 0 Å². The number of aromatic nitrogens is 1. The molecule has 8 nitrogen and oxygen atoms in total. The summed E-state index contributed by atoms with van der Waals surface area (Å²) in [7, 11) is -2.13. The van der Waals surface area contributed by atoms with Crippen molar-refractivity contribution in [2.75, 3.05) is 43.5 Å². The van der Waals surface area contributed by atoms with Crippen LogP contribution in [0.15, 0.2) is 71.8 Å². The zero-order chi connectivity index (χ0) is 23.4. The Hall–Kier alpha value is -3.50. The second-order valence-electron chi connectivity index (χ2n) is 7.41. The Morgan fingerprint density at radius 3 is 2.45 bits per heavy atom. The molecule has 4 rings (SSSR count). The molecule has 0 unspecified atom stereocenters. The van der Waals surface area contributed by atoms with Crippen LogP contribution in [-0.4, -0.2) is 56.9 Å². The molecule has 3 aromatic rings. The van der Waals surface area contributed by atoms with Crippen molar-refractivity contribution in [3.05, 3.63) is 78.2 Å². The van der Waals surface area contributed by atoms with Crippen molar-refractivity contribution in [2.24, 2.45) is 0 Å². The highest BCUT2D eigenvalue weighted by molar-refractivity contribution is 7.89. The summed E-state index contributed by atoms with van der Waals surface area (Å²) in [5.41, 5.74) is 0.390. The number of sulfonamides is 1. The molecule has 0 aliphatic carbocycles. The summed E-state index contributed by atoms with van der Waals surface area (Å²) in [5.74, 6) is -0.00113. The molecule has 1 aliphatic heterocycles. The molecule has 2 aromatic carbocycles. The summed E-state index contributed by atoms with van der Waals surface area (Å²) in [6, 6.07) is 15.6. The van der Waals surface area contributed by atoms with E-state index in [0.29, 0.717) is 43.4 Å². The summed E-state index contributed by atoms with van der Waals surface area (Å²) >= 11 is 0. The largest absolute Gasteiger partial charge is 0.497 e. The standard InChI is InChI=1S/C23H23FN4O4S/c1-32-18-5-4-6-19(15-18)33(30,31)28-13-11-27(12-14-28)22-10-9-17(16-25-22)26-23(29)20-7-2-3-8-21(20)24/h2-10,15-16H,11-14H2,1H3,(H,26,29). The average molecular weight is 471 g/mol. The molecule has 172 valence electrons. The highest BCUT2D eigenvalue weighted by Crippen LogP contribution is 2.23. The van der Waals surface area contributed by atoms with E-state index in [-0.39, 0.29) is 10.5 Å². The van der Waals surface area contributed by atoms with Gasteiger partial charge < -0.3 is 15.0 Å². The van der Waals surface area contributed by atoms with Gasteiger partial charge in [-0.05, 0) is 36.4 Å². The molecule has 10 heteroatoms. The predicted octanol–water partition coefficient (Wildman–Crippen LogP) is 2.99. The number of pyridine rings is 1. The van der Waals surface area contributed by atoms with E-state index in [2.05, 4.69) is 10.3 Å². The van der Waals surface area contributed by atoms with Gasteiger partial charge in [0.25, 0.3) is 5.91 Å². The van der Waals surface area contributed by atoms with Crippen LogP contribution in [0.1, 0.15) is 10.4 Å². The Balaban J connectivity index is 1.38. The van der Waals surface area contributed by atoms with Crippen LogP contribution in [0.3, 0.4) is 0 Å². The first-order chi connectivity index (χ1) is 15.9. The third-order valence-corrected chi connectivity index (χ3v) is 7.26. The first kappa shape index (κ1) is 22.7. The Kier molecular flexibility index (Phi) is 6.57. The number of methoxy groups -OCH3 is 1. The number of nitrogens with one attached hydrogen (secondary N) is 1. The molecule has 1 saturated heterocycles. The van der Waals surface area contributed by atoms with Crippen LogP contribution in [0.2, 0.25) is 0 Å². The second kappa shape index (κ2) is 9.55. The molecule has 0 atom stereocenters. The van der Waals surface area contributed by atoms with Gasteiger partial charge in [0.15, 0.2) is 0 Å². The van der Waals surface area contributed by atoms with Crippen molar-refractivity contribution in [3.63, 3.8) is 0 Å². The van der Waals surface area contributed by atoms with Gasteiger partial charge in [0, 0.05) is 32.2 Å². The number of nitrogens with zero attached hydrogens (tertiary/aromatic N) is 3. The van der Waals surface area contributed by atoms with Gasteiger partial charge in [-0.3, -0.25) is 4.79 Å². The number of ether oxygens (including phenoxy) is 1. The minimum absolute atomic E-state index is 0.0463. The first-order valence-corrected chi connectivity index (χ1v) is 11.7. The molecule has 1 aliphatic rings. The van der Waals surface area contributed by atoms with E-state index in [0.717, 1.165) is 0 Å². The first-order valence-electron chi connectivity index (χ1n) is 10.3. The van der Waals surface area contributed by atoms with Crippen LogP contribution < -0.4 is 15.0 Å². The number of carbonyl (C=O) groups is 1. The van der Waals surface area contributed by atoms with Gasteiger partial charge in [0.1, 0.15) is 17.4 Å². The lowest BCUT2D eigenvalue weighted by molar-refractivity contribution is 0.102. The SMILES string of the molecule is COc1cccc(S(=O)(=O)N2CCN(c3ccc(NC(=O)c4ccccc4F)cn3)CC2)c1. The topological polar surface area (TPSA) is 91.8 Å². The minimum Gasteiger partial charge on any atom is -0.497 e. The summed E-state index contributed by atoms with van der Waals surface area (Å²) < 4.78 is 46.3. The molecular weight excluding hydrogens is 447 g/mol. The van der Waals surface area contributed by atoms with Crippen LogP contribution in [0.5, 0.6) is 5.75 Å². The summed E-state index contributed by atoms with van der Waals surface area (Å²) in [6.45, 7) is 1.56. The lowest BCUT2D eigenvalue weighted by Crippen LogP contribution is -2.48. The van der Waals surface area contributed by atoms with Crippen LogP contribution >= 0.6 is 0 Å². The van der Waals surface area contributed by atoms with Gasteiger partial charge in [-0.25, -0.2) is 17.8 Å². The average Bonchev–Trinajstić information content (AvgIpc) is 2.85. The predicted molar refractivity (Wildman–Crippen MR) is 123 cm³/mol. The second-order valence-corrected chi connectivity index (χ2v) is 9.35. The summed E-state index contributed by atoms with van der Waals surface area (Å²) in [4.78, 5) is 18.8. The van der Waals surface area contributed by atoms with E-state index in [1.165, 1.54) is 41.9 Å². The number of hydrogen-bond donors (Lipinski definition) is 1. The highest BCUT2D eigenvalue weighted by Gasteiger charge is 2.29. The number of carbonyl (C=O) groups excluding carboxylic acids is 1. The van der Waals surface area contributed by atoms with Crippen molar-refractivity contribution >= 4 is 27.4 Å². The monoisotopic (exact) mass is 470 g/mol. The van der Waals surface area contributed by atoms with E-state index < -0.39 is 21.7 Å². The normalized spacial score (nSPS) is 14.7. The molecule has 1 amide bonds. The number of rotatable bonds is 6. The molecule has 2 heterocycles. The molecule has 1 N–H and O–H groups in total. The summed E-state index contributed by atoms with van der Waals surface area (Å²) in [5, 5.41) is 2.63. The maximum Gasteiger partial charge on any atom is 0.258 e. The maximum absolute atomic E-state index is 13.8. The fraction of sp³-hybridized carbons (Fsp3) is 0.217. The third-order valence-electron chi connectivity index (χ3n) is 5.37. The third kappa shape index (κ3) is 4.96. The smallest absolute Gasteiger partial charge is 0.258 e. The van der Waals surface area contributed by atoms with E-state index in [1.54, 1.807) is 36.4 Å². The van der Waals surface area contributed by atoms with Crippen LogP contribution in [0, 0.1) is 5.82 Å². The van der Waals surface area contributed by atoms with Crippen LogP contribution in [0.4, 0.5) is 15.9 Å². The van der Waals surface area contributed by atoms with Gasteiger partial charge in [0.05, 0.1) is 29.5 Å². The van der Waals surface area contributed by atoms with Gasteiger partial charge >= 0.3 is 0 Å². The molecule has 1 aromatic heterocycles. The Bertz CT molecular complexity index is 1240. The van der Waals surface area contributed by atoms with E-state index in [9.17, 15) is 17.6 Å². The van der Waals surface area contributed by atoms with E-state index in [4.69, 9.17) is 4.74 Å². The number of halogens is 1. The number of amides is 1. The lowest BCUT2D eigenvalue weighted by atomic mass is 10.2. The van der Waals surface area contributed by atoms with E-state index in [1.807, 2.05) is 4.90 Å². The van der Waals surface area contributed by atoms with Gasteiger partial charge in [-0.15, -0.1) is 0 Å². The maximum atomic E-state index is 13.8. The molecule has 0 radical (unpaired) electrons. The zero-order valence-corrected chi connectivity index (χ0v) is 18.8. The van der Waals surface area contributed by atoms with Gasteiger partial charge in [-0.1, -0.05) is 18.2 Å². The Morgan fingerprint density at radius 1 is 1.03 bits per heavy atom. The molecular formula is C23H23FN4O4S. The lowest BCUT2D eigenvalue weighted by Gasteiger charge is -2.34. The van der Waals surface area contributed by atoms with Gasteiger partial charge in [0.2, 0.25) is 10.0 Å². The molecule has 33 heavy (non-hydrogen) atoms. The van der Waals surface area contributed by atoms with Crippen molar-refractivity contribution < 1.29 is 22.3 Å². The van der Waals surface area contributed by atoms with Crippen molar-refractivity contribution in [1.82, 2.24) is 9.29 Å². The van der Waals surface area contributed by atoms with Crippen molar-refractivity contribution in [2.45, 2.75) is 4.90 Å². The molecule has 0 saturated carbocycles. The fourth-order valence-electron chi connectivity index (χ4n) is 3.56. The molecule has 0 bridgehead atoms. The summed E-state index contributed by atoms with van der Waals surface area (Å²) in [6.07, 6.45) is 1.49. The van der Waals surface area contributed by atoms with E-state index >= 15 is 0 Å². The highest BCUT2D eigenvalue weighted by atomic mass is 32.2. The minimum atomic E-state index is -3.62. The Labute approximate surface area is 191 Å². The zero-order valence-electron chi connectivity index (χ0n) is 17.9.